The molecule has 1 aromatic rings. The van der Waals surface area contributed by atoms with Crippen molar-refractivity contribution < 1.29 is 0 Å². The molecule has 0 atom stereocenters. The molecule has 1 saturated carbocycles. The molecule has 0 spiro atoms. The van der Waals surface area contributed by atoms with Crippen LogP contribution in [0.2, 0.25) is 0 Å². The monoisotopic (exact) mass is 322 g/mol. The van der Waals surface area contributed by atoms with Crippen LogP contribution >= 0.6 is 43.2 Å². The highest BCUT2D eigenvalue weighted by Gasteiger charge is 2.19. The van der Waals surface area contributed by atoms with Crippen molar-refractivity contribution in [3.63, 3.8) is 0 Å². The molecule has 1 aromatic heterocycles. The fourth-order valence-corrected chi connectivity index (χ4v) is 5.09. The van der Waals surface area contributed by atoms with Crippen LogP contribution in [-0.2, 0) is 0 Å². The molecule has 13 heavy (non-hydrogen) atoms. The Labute approximate surface area is 100.0 Å². The second kappa shape index (κ2) is 4.45. The Bertz CT molecular complexity index is 287. The Balaban J connectivity index is 2.18. The molecule has 2 rings (SSSR count). The number of hydrogen-bond donors (Lipinski definition) is 0. The maximum Gasteiger partial charge on any atom is 0.0745 e. The van der Waals surface area contributed by atoms with E-state index in [0.29, 0.717) is 0 Å². The van der Waals surface area contributed by atoms with Gasteiger partial charge in [0.1, 0.15) is 0 Å². The van der Waals surface area contributed by atoms with Gasteiger partial charge < -0.3 is 0 Å². The molecule has 1 aliphatic rings. The molecular formula is C10H12Br2S. The van der Waals surface area contributed by atoms with E-state index in [1.165, 1.54) is 45.2 Å². The summed E-state index contributed by atoms with van der Waals surface area (Å²) in [5.74, 6) is 0.811. The zero-order valence-electron chi connectivity index (χ0n) is 7.35. The van der Waals surface area contributed by atoms with E-state index in [9.17, 15) is 0 Å². The van der Waals surface area contributed by atoms with Crippen LogP contribution in [0.15, 0.2) is 13.6 Å². The summed E-state index contributed by atoms with van der Waals surface area (Å²) in [5.41, 5.74) is 1.52. The van der Waals surface area contributed by atoms with Crippen LogP contribution < -0.4 is 0 Å². The summed E-state index contributed by atoms with van der Waals surface area (Å²) in [4.78, 5) is 0. The van der Waals surface area contributed by atoms with E-state index in [1.807, 2.05) is 0 Å². The molecule has 0 bridgehead atoms. The van der Waals surface area contributed by atoms with Crippen LogP contribution in [0.1, 0.15) is 43.6 Å². The molecule has 1 fully saturated rings. The van der Waals surface area contributed by atoms with Crippen LogP contribution in [0.4, 0.5) is 0 Å². The third-order valence-corrected chi connectivity index (χ3v) is 5.11. The lowest BCUT2D eigenvalue weighted by Gasteiger charge is -2.21. The summed E-state index contributed by atoms with van der Waals surface area (Å²) < 4.78 is 2.58. The van der Waals surface area contributed by atoms with Crippen molar-refractivity contribution in [2.24, 2.45) is 0 Å². The molecule has 0 aromatic carbocycles. The highest BCUT2D eigenvalue weighted by molar-refractivity contribution is 9.12. The molecule has 0 N–H and O–H groups in total. The van der Waals surface area contributed by atoms with Crippen molar-refractivity contribution in [2.45, 2.75) is 38.0 Å². The Hall–Kier alpha value is 0.660. The topological polar surface area (TPSA) is 0 Å². The Morgan fingerprint density at radius 2 is 1.85 bits per heavy atom. The molecule has 0 nitrogen and oxygen atoms in total. The summed E-state index contributed by atoms with van der Waals surface area (Å²) in [6.45, 7) is 0. The highest BCUT2D eigenvalue weighted by Crippen LogP contribution is 2.41. The molecule has 0 unspecified atom stereocenters. The van der Waals surface area contributed by atoms with Crippen molar-refractivity contribution in [1.29, 1.82) is 0 Å². The van der Waals surface area contributed by atoms with Crippen LogP contribution in [0.5, 0.6) is 0 Å². The summed E-state index contributed by atoms with van der Waals surface area (Å²) in [6.07, 6.45) is 7.00. The van der Waals surface area contributed by atoms with Crippen LogP contribution in [0.3, 0.4) is 0 Å². The maximum absolute atomic E-state index is 3.64. The number of rotatable bonds is 1. The third-order valence-electron chi connectivity index (χ3n) is 2.73. The van der Waals surface area contributed by atoms with Crippen molar-refractivity contribution in [1.82, 2.24) is 0 Å². The van der Waals surface area contributed by atoms with Crippen molar-refractivity contribution in [3.05, 3.63) is 19.2 Å². The van der Waals surface area contributed by atoms with E-state index in [0.717, 1.165) is 5.92 Å². The zero-order valence-corrected chi connectivity index (χ0v) is 11.3. The molecule has 3 heteroatoms. The normalized spacial score (nSPS) is 19.2. The first-order valence-corrected chi connectivity index (χ1v) is 7.12. The lowest BCUT2D eigenvalue weighted by molar-refractivity contribution is 0.443. The van der Waals surface area contributed by atoms with E-state index in [1.54, 1.807) is 11.3 Å². The van der Waals surface area contributed by atoms with E-state index in [2.05, 4.69) is 37.9 Å². The average Bonchev–Trinajstić information content (AvgIpc) is 2.47. The highest BCUT2D eigenvalue weighted by atomic mass is 79.9. The standard InChI is InChI=1S/C10H12Br2S/c11-9-6-8(10(12)13-9)7-4-2-1-3-5-7/h6-7H,1-5H2. The average molecular weight is 324 g/mol. The van der Waals surface area contributed by atoms with Gasteiger partial charge in [0.15, 0.2) is 0 Å². The summed E-state index contributed by atoms with van der Waals surface area (Å²) in [7, 11) is 0. The first-order chi connectivity index (χ1) is 6.27. The first kappa shape index (κ1) is 10.2. The zero-order chi connectivity index (χ0) is 9.26. The second-order valence-corrected chi connectivity index (χ2v) is 7.36. The minimum atomic E-state index is 0.811. The smallest absolute Gasteiger partial charge is 0.0745 e. The molecule has 72 valence electrons. The van der Waals surface area contributed by atoms with E-state index in [-0.39, 0.29) is 0 Å². The first-order valence-electron chi connectivity index (χ1n) is 4.72. The molecule has 1 aliphatic carbocycles. The van der Waals surface area contributed by atoms with Gasteiger partial charge in [0.2, 0.25) is 0 Å². The Kier molecular flexibility index (Phi) is 3.49. The van der Waals surface area contributed by atoms with Crippen LogP contribution in [0, 0.1) is 0 Å². The van der Waals surface area contributed by atoms with Gasteiger partial charge in [-0.3, -0.25) is 0 Å². The van der Waals surface area contributed by atoms with Crippen molar-refractivity contribution in [2.75, 3.05) is 0 Å². The largest absolute Gasteiger partial charge is 0.121 e. The Morgan fingerprint density at radius 1 is 1.15 bits per heavy atom. The lowest BCUT2D eigenvalue weighted by atomic mass is 9.85. The number of thiophene rings is 1. The molecule has 0 saturated heterocycles. The summed E-state index contributed by atoms with van der Waals surface area (Å²) in [5, 5.41) is 0. The van der Waals surface area contributed by atoms with E-state index < -0.39 is 0 Å². The fraction of sp³-hybridized carbons (Fsp3) is 0.600. The molecule has 0 amide bonds. The number of halogens is 2. The molecule has 1 heterocycles. The molecule has 0 aliphatic heterocycles. The number of hydrogen-bond acceptors (Lipinski definition) is 1. The van der Waals surface area contributed by atoms with Gasteiger partial charge in [-0.15, -0.1) is 11.3 Å². The lowest BCUT2D eigenvalue weighted by Crippen LogP contribution is -2.03. The molecule has 0 radical (unpaired) electrons. The fourth-order valence-electron chi connectivity index (χ4n) is 2.04. The van der Waals surface area contributed by atoms with Gasteiger partial charge in [-0.25, -0.2) is 0 Å². The van der Waals surface area contributed by atoms with E-state index in [4.69, 9.17) is 0 Å². The second-order valence-electron chi connectivity index (χ2n) is 3.61. The van der Waals surface area contributed by atoms with Crippen molar-refractivity contribution >= 4 is 43.2 Å². The maximum atomic E-state index is 3.64. The van der Waals surface area contributed by atoms with Gasteiger partial charge in [-0.05, 0) is 62.2 Å². The van der Waals surface area contributed by atoms with Gasteiger partial charge in [0.25, 0.3) is 0 Å². The van der Waals surface area contributed by atoms with Crippen LogP contribution in [-0.4, -0.2) is 0 Å². The van der Waals surface area contributed by atoms with Gasteiger partial charge in [-0.1, -0.05) is 19.3 Å². The van der Waals surface area contributed by atoms with Crippen molar-refractivity contribution in [3.8, 4) is 0 Å². The van der Waals surface area contributed by atoms with Gasteiger partial charge in [0.05, 0.1) is 7.57 Å². The SMILES string of the molecule is Brc1cc(C2CCCCC2)c(Br)s1. The molecular weight excluding hydrogens is 312 g/mol. The summed E-state index contributed by atoms with van der Waals surface area (Å²) >= 11 is 8.98. The Morgan fingerprint density at radius 3 is 2.38 bits per heavy atom. The summed E-state index contributed by atoms with van der Waals surface area (Å²) in [6, 6.07) is 2.28. The van der Waals surface area contributed by atoms with Gasteiger partial charge in [0, 0.05) is 0 Å². The van der Waals surface area contributed by atoms with Gasteiger partial charge >= 0.3 is 0 Å². The van der Waals surface area contributed by atoms with Crippen LogP contribution in [0.25, 0.3) is 0 Å². The predicted molar refractivity (Wildman–Crippen MR) is 65.5 cm³/mol. The van der Waals surface area contributed by atoms with E-state index >= 15 is 0 Å². The third kappa shape index (κ3) is 2.37. The van der Waals surface area contributed by atoms with Gasteiger partial charge in [-0.2, -0.15) is 0 Å². The quantitative estimate of drug-likeness (QED) is 0.656. The minimum Gasteiger partial charge on any atom is -0.121 e. The minimum absolute atomic E-state index is 0.811. The predicted octanol–water partition coefficient (Wildman–Crippen LogP) is 5.32.